The number of hydrogen-bond acceptors (Lipinski definition) is 3. The summed E-state index contributed by atoms with van der Waals surface area (Å²) in [4.78, 5) is 13.9. The van der Waals surface area contributed by atoms with E-state index in [1.807, 2.05) is 29.4 Å². The Hall–Kier alpha value is -0.710. The van der Waals surface area contributed by atoms with Crippen LogP contribution in [-0.2, 0) is 11.3 Å². The van der Waals surface area contributed by atoms with Gasteiger partial charge in [0.15, 0.2) is 0 Å². The Morgan fingerprint density at radius 3 is 3.00 bits per heavy atom. The number of rotatable bonds is 2. The van der Waals surface area contributed by atoms with Crippen LogP contribution < -0.4 is 10.2 Å². The molecule has 94 valence electrons. The van der Waals surface area contributed by atoms with Crippen LogP contribution in [0.1, 0.15) is 5.56 Å². The molecule has 0 bridgehead atoms. The fourth-order valence-electron chi connectivity index (χ4n) is 1.92. The molecule has 0 aromatic heterocycles. The third kappa shape index (κ3) is 3.37. The van der Waals surface area contributed by atoms with Gasteiger partial charge in [-0.1, -0.05) is 18.2 Å². The van der Waals surface area contributed by atoms with Crippen molar-refractivity contribution in [2.24, 2.45) is 0 Å². The summed E-state index contributed by atoms with van der Waals surface area (Å²) in [5, 5.41) is 3.33. The summed E-state index contributed by atoms with van der Waals surface area (Å²) in [7, 11) is 0. The van der Waals surface area contributed by atoms with Crippen LogP contribution >= 0.6 is 24.2 Å². The minimum absolute atomic E-state index is 0. The van der Waals surface area contributed by atoms with E-state index in [2.05, 4.69) is 11.4 Å². The van der Waals surface area contributed by atoms with E-state index < -0.39 is 0 Å². The molecule has 0 radical (unpaired) electrons. The van der Waals surface area contributed by atoms with E-state index in [0.717, 1.165) is 25.3 Å². The molecule has 1 amide bonds. The maximum absolute atomic E-state index is 12.0. The number of carbonyl (C=O) groups is 1. The molecule has 3 nitrogen and oxygen atoms in total. The zero-order chi connectivity index (χ0) is 11.4. The highest BCUT2D eigenvalue weighted by Crippen LogP contribution is 2.22. The Morgan fingerprint density at radius 2 is 2.24 bits per heavy atom. The fourth-order valence-corrected chi connectivity index (χ4v) is 2.32. The molecule has 0 saturated heterocycles. The maximum atomic E-state index is 12.0. The molecular formula is C12H17ClN2OS. The predicted octanol–water partition coefficient (Wildman–Crippen LogP) is 1.91. The van der Waals surface area contributed by atoms with Gasteiger partial charge in [0, 0.05) is 25.3 Å². The van der Waals surface area contributed by atoms with Crippen molar-refractivity contribution >= 4 is 35.8 Å². The molecule has 1 heterocycles. The third-order valence-electron chi connectivity index (χ3n) is 2.68. The van der Waals surface area contributed by atoms with E-state index in [0.29, 0.717) is 5.75 Å². The van der Waals surface area contributed by atoms with Crippen LogP contribution in [0.2, 0.25) is 0 Å². The number of para-hydroxylation sites is 1. The van der Waals surface area contributed by atoms with E-state index >= 15 is 0 Å². The molecule has 1 aromatic carbocycles. The van der Waals surface area contributed by atoms with E-state index in [4.69, 9.17) is 0 Å². The van der Waals surface area contributed by atoms with Crippen molar-refractivity contribution in [2.45, 2.75) is 6.54 Å². The van der Waals surface area contributed by atoms with E-state index in [-0.39, 0.29) is 18.3 Å². The normalized spacial score (nSPS) is 14.5. The van der Waals surface area contributed by atoms with Crippen molar-refractivity contribution < 1.29 is 4.79 Å². The lowest BCUT2D eigenvalue weighted by atomic mass is 10.1. The summed E-state index contributed by atoms with van der Waals surface area (Å²) in [6, 6.07) is 8.11. The number of fused-ring (bicyclic) bond motifs is 1. The van der Waals surface area contributed by atoms with Crippen molar-refractivity contribution in [1.29, 1.82) is 0 Å². The lowest BCUT2D eigenvalue weighted by molar-refractivity contribution is -0.116. The maximum Gasteiger partial charge on any atom is 0.237 e. The average Bonchev–Trinajstić information content (AvgIpc) is 2.51. The fraction of sp³-hybridized carbons (Fsp3) is 0.417. The molecule has 1 aromatic rings. The van der Waals surface area contributed by atoms with Crippen LogP contribution in [0.5, 0.6) is 0 Å². The first-order chi connectivity index (χ1) is 7.83. The second-order valence-electron chi connectivity index (χ2n) is 3.78. The zero-order valence-corrected chi connectivity index (χ0v) is 11.4. The molecule has 0 spiro atoms. The van der Waals surface area contributed by atoms with Crippen molar-refractivity contribution in [3.8, 4) is 0 Å². The standard InChI is InChI=1S/C12H16N2OS.ClH/c1-16-9-12(15)14-7-6-13-8-10-4-2-3-5-11(10)14;/h2-5,13H,6-9H2,1H3;1H. The van der Waals surface area contributed by atoms with E-state index in [1.54, 1.807) is 11.8 Å². The Balaban J connectivity index is 0.00000144. The van der Waals surface area contributed by atoms with Crippen molar-refractivity contribution in [2.75, 3.05) is 30.0 Å². The van der Waals surface area contributed by atoms with Crippen molar-refractivity contribution in [1.82, 2.24) is 5.32 Å². The Labute approximate surface area is 112 Å². The van der Waals surface area contributed by atoms with Crippen LogP contribution in [0.25, 0.3) is 0 Å². The summed E-state index contributed by atoms with van der Waals surface area (Å²) >= 11 is 1.57. The summed E-state index contributed by atoms with van der Waals surface area (Å²) in [5.74, 6) is 0.748. The number of thioether (sulfide) groups is 1. The third-order valence-corrected chi connectivity index (χ3v) is 3.21. The van der Waals surface area contributed by atoms with Crippen LogP contribution in [-0.4, -0.2) is 31.0 Å². The molecule has 1 aliphatic heterocycles. The Morgan fingerprint density at radius 1 is 1.47 bits per heavy atom. The highest BCUT2D eigenvalue weighted by molar-refractivity contribution is 7.99. The van der Waals surface area contributed by atoms with Crippen LogP contribution in [0.4, 0.5) is 5.69 Å². The van der Waals surface area contributed by atoms with Crippen LogP contribution in [0.15, 0.2) is 24.3 Å². The molecule has 17 heavy (non-hydrogen) atoms. The van der Waals surface area contributed by atoms with Gasteiger partial charge >= 0.3 is 0 Å². The Kier molecular flexibility index (Phi) is 5.82. The van der Waals surface area contributed by atoms with Gasteiger partial charge in [0.2, 0.25) is 5.91 Å². The lowest BCUT2D eigenvalue weighted by Crippen LogP contribution is -2.35. The van der Waals surface area contributed by atoms with Crippen LogP contribution in [0.3, 0.4) is 0 Å². The minimum Gasteiger partial charge on any atom is -0.311 e. The summed E-state index contributed by atoms with van der Waals surface area (Å²) < 4.78 is 0. The van der Waals surface area contributed by atoms with Gasteiger partial charge in [0.25, 0.3) is 0 Å². The SMILES string of the molecule is CSCC(=O)N1CCNCc2ccccc21.Cl. The van der Waals surface area contributed by atoms with Crippen molar-refractivity contribution in [3.05, 3.63) is 29.8 Å². The molecule has 0 unspecified atom stereocenters. The number of halogens is 1. The second kappa shape index (κ2) is 6.89. The minimum atomic E-state index is 0. The predicted molar refractivity (Wildman–Crippen MR) is 76.1 cm³/mol. The average molecular weight is 273 g/mol. The topological polar surface area (TPSA) is 32.3 Å². The monoisotopic (exact) mass is 272 g/mol. The number of benzene rings is 1. The summed E-state index contributed by atoms with van der Waals surface area (Å²) in [6.07, 6.45) is 1.96. The first-order valence-electron chi connectivity index (χ1n) is 5.41. The summed E-state index contributed by atoms with van der Waals surface area (Å²) in [6.45, 7) is 2.46. The van der Waals surface area contributed by atoms with Gasteiger partial charge in [-0.25, -0.2) is 0 Å². The van der Waals surface area contributed by atoms with Gasteiger partial charge in [-0.05, 0) is 17.9 Å². The molecular weight excluding hydrogens is 256 g/mol. The van der Waals surface area contributed by atoms with Gasteiger partial charge in [0.05, 0.1) is 5.75 Å². The first-order valence-corrected chi connectivity index (χ1v) is 6.80. The van der Waals surface area contributed by atoms with Gasteiger partial charge in [0.1, 0.15) is 0 Å². The van der Waals surface area contributed by atoms with Gasteiger partial charge in [-0.2, -0.15) is 11.8 Å². The summed E-state index contributed by atoms with van der Waals surface area (Å²) in [5.41, 5.74) is 2.26. The molecule has 0 atom stereocenters. The Bertz CT molecular complexity index is 387. The molecule has 1 aliphatic rings. The number of carbonyl (C=O) groups excluding carboxylic acids is 1. The molecule has 0 aliphatic carbocycles. The number of nitrogens with one attached hydrogen (secondary N) is 1. The lowest BCUT2D eigenvalue weighted by Gasteiger charge is -2.22. The van der Waals surface area contributed by atoms with E-state index in [1.165, 1.54) is 5.56 Å². The number of nitrogens with zero attached hydrogens (tertiary/aromatic N) is 1. The largest absolute Gasteiger partial charge is 0.311 e. The smallest absolute Gasteiger partial charge is 0.237 e. The van der Waals surface area contributed by atoms with Gasteiger partial charge in [-0.3, -0.25) is 4.79 Å². The highest BCUT2D eigenvalue weighted by Gasteiger charge is 2.19. The molecule has 2 rings (SSSR count). The zero-order valence-electron chi connectivity index (χ0n) is 9.81. The molecule has 0 saturated carbocycles. The number of hydrogen-bond donors (Lipinski definition) is 1. The number of amides is 1. The molecule has 0 fully saturated rings. The second-order valence-corrected chi connectivity index (χ2v) is 4.65. The first kappa shape index (κ1) is 14.4. The number of anilines is 1. The van der Waals surface area contributed by atoms with Gasteiger partial charge in [-0.15, -0.1) is 12.4 Å². The highest BCUT2D eigenvalue weighted by atomic mass is 35.5. The van der Waals surface area contributed by atoms with Gasteiger partial charge < -0.3 is 10.2 Å². The van der Waals surface area contributed by atoms with Crippen LogP contribution in [0, 0.1) is 0 Å². The molecule has 5 heteroatoms. The van der Waals surface area contributed by atoms with Crippen molar-refractivity contribution in [3.63, 3.8) is 0 Å². The quantitative estimate of drug-likeness (QED) is 0.893. The molecule has 1 N–H and O–H groups in total. The van der Waals surface area contributed by atoms with E-state index in [9.17, 15) is 4.79 Å².